The molecule has 6 nitrogen and oxygen atoms in total. The van der Waals surface area contributed by atoms with E-state index < -0.39 is 32.4 Å². The van der Waals surface area contributed by atoms with Crippen LogP contribution in [0.2, 0.25) is 0 Å². The highest BCUT2D eigenvalue weighted by Crippen LogP contribution is 2.29. The number of unbranched alkanes of at least 4 members (excludes halogenated alkanes) is 1. The Hall–Kier alpha value is -1.58. The summed E-state index contributed by atoms with van der Waals surface area (Å²) in [6, 6.07) is -0.544. The van der Waals surface area contributed by atoms with E-state index in [9.17, 15) is 26.4 Å². The highest BCUT2D eigenvalue weighted by atomic mass is 32.2. The number of aromatic nitrogens is 2. The van der Waals surface area contributed by atoms with Gasteiger partial charge in [0.25, 0.3) is 9.84 Å². The van der Waals surface area contributed by atoms with Gasteiger partial charge in [-0.25, -0.2) is 13.2 Å². The Morgan fingerprint density at radius 3 is 2.55 bits per heavy atom. The average molecular weight is 314 g/mol. The molecule has 0 aromatic carbocycles. The zero-order valence-electron chi connectivity index (χ0n) is 10.5. The molecule has 1 N–H and O–H groups in total. The van der Waals surface area contributed by atoms with E-state index in [4.69, 9.17) is 5.11 Å². The normalized spacial score (nSPS) is 14.2. The molecular weight excluding hydrogens is 301 g/mol. The molecule has 0 aliphatic rings. The van der Waals surface area contributed by atoms with Gasteiger partial charge >= 0.3 is 11.5 Å². The van der Waals surface area contributed by atoms with E-state index in [0.29, 0.717) is 18.9 Å². The van der Waals surface area contributed by atoms with Crippen molar-refractivity contribution >= 4 is 15.8 Å². The van der Waals surface area contributed by atoms with Crippen LogP contribution in [0.25, 0.3) is 0 Å². The van der Waals surface area contributed by atoms with Crippen LogP contribution >= 0.6 is 0 Å². The van der Waals surface area contributed by atoms with Crippen molar-refractivity contribution in [1.29, 1.82) is 0 Å². The van der Waals surface area contributed by atoms with Crippen LogP contribution in [-0.2, 0) is 14.6 Å². The van der Waals surface area contributed by atoms with Crippen molar-refractivity contribution in [2.45, 2.75) is 42.8 Å². The number of carbonyl (C=O) groups is 1. The minimum Gasteiger partial charge on any atom is -0.480 e. The van der Waals surface area contributed by atoms with Crippen LogP contribution in [0.3, 0.4) is 0 Å². The Kier molecular flexibility index (Phi) is 4.79. The third-order valence-electron chi connectivity index (χ3n) is 2.60. The van der Waals surface area contributed by atoms with Crippen LogP contribution in [0.15, 0.2) is 17.3 Å². The first-order chi connectivity index (χ1) is 9.11. The van der Waals surface area contributed by atoms with Gasteiger partial charge in [-0.3, -0.25) is 4.68 Å². The number of carboxylic acid groups (broad SMARTS) is 1. The SMILES string of the molecule is CCCCC(C(=O)O)n1ccc(S(=O)(=O)C(F)(F)F)n1. The van der Waals surface area contributed by atoms with E-state index in [1.54, 1.807) is 0 Å². The van der Waals surface area contributed by atoms with Crippen LogP contribution in [-0.4, -0.2) is 34.8 Å². The summed E-state index contributed by atoms with van der Waals surface area (Å²) in [7, 11) is -5.56. The van der Waals surface area contributed by atoms with Gasteiger partial charge in [-0.05, 0) is 12.5 Å². The number of carboxylic acids is 1. The molecule has 0 radical (unpaired) electrons. The molecule has 1 unspecified atom stereocenters. The van der Waals surface area contributed by atoms with Crippen molar-refractivity contribution in [2.24, 2.45) is 0 Å². The highest BCUT2D eigenvalue weighted by molar-refractivity contribution is 7.92. The average Bonchev–Trinajstić information content (AvgIpc) is 2.77. The van der Waals surface area contributed by atoms with Crippen LogP contribution in [0, 0.1) is 0 Å². The van der Waals surface area contributed by atoms with Crippen LogP contribution in [0.5, 0.6) is 0 Å². The molecule has 20 heavy (non-hydrogen) atoms. The summed E-state index contributed by atoms with van der Waals surface area (Å²) in [6.07, 6.45) is 2.29. The van der Waals surface area contributed by atoms with Crippen LogP contribution in [0.1, 0.15) is 32.2 Å². The molecule has 1 rings (SSSR count). The van der Waals surface area contributed by atoms with Crippen molar-refractivity contribution in [3.63, 3.8) is 0 Å². The number of sulfone groups is 1. The molecule has 114 valence electrons. The van der Waals surface area contributed by atoms with E-state index in [1.807, 2.05) is 6.92 Å². The lowest BCUT2D eigenvalue weighted by atomic mass is 10.1. The fourth-order valence-electron chi connectivity index (χ4n) is 1.52. The monoisotopic (exact) mass is 314 g/mol. The lowest BCUT2D eigenvalue weighted by molar-refractivity contribution is -0.141. The molecule has 10 heteroatoms. The molecule has 1 heterocycles. The minimum atomic E-state index is -5.56. The summed E-state index contributed by atoms with van der Waals surface area (Å²) in [5.41, 5.74) is -5.46. The zero-order chi connectivity index (χ0) is 15.6. The summed E-state index contributed by atoms with van der Waals surface area (Å²) in [4.78, 5) is 11.0. The quantitative estimate of drug-likeness (QED) is 0.867. The maximum Gasteiger partial charge on any atom is 0.503 e. The molecule has 0 saturated heterocycles. The molecule has 1 aromatic heterocycles. The Morgan fingerprint density at radius 1 is 1.50 bits per heavy atom. The predicted octanol–water partition coefficient (Wildman–Crippen LogP) is 1.99. The predicted molar refractivity (Wildman–Crippen MR) is 61.7 cm³/mol. The summed E-state index contributed by atoms with van der Waals surface area (Å²) in [6.45, 7) is 1.82. The Balaban J connectivity index is 3.10. The molecule has 1 atom stereocenters. The lowest BCUT2D eigenvalue weighted by Crippen LogP contribution is -2.25. The summed E-state index contributed by atoms with van der Waals surface area (Å²) >= 11 is 0. The van der Waals surface area contributed by atoms with Gasteiger partial charge in [0.1, 0.15) is 6.04 Å². The number of aliphatic carboxylic acids is 1. The molecule has 0 spiro atoms. The molecule has 0 aliphatic heterocycles. The van der Waals surface area contributed by atoms with E-state index in [-0.39, 0.29) is 6.42 Å². The molecule has 0 fully saturated rings. The number of alkyl halides is 3. The van der Waals surface area contributed by atoms with Crippen molar-refractivity contribution in [3.05, 3.63) is 12.3 Å². The van der Waals surface area contributed by atoms with Gasteiger partial charge in [0.2, 0.25) is 0 Å². The van der Waals surface area contributed by atoms with Crippen molar-refractivity contribution in [3.8, 4) is 0 Å². The van der Waals surface area contributed by atoms with Crippen molar-refractivity contribution < 1.29 is 31.5 Å². The first-order valence-corrected chi connectivity index (χ1v) is 7.19. The number of hydrogen-bond donors (Lipinski definition) is 1. The molecule has 0 bridgehead atoms. The fraction of sp³-hybridized carbons (Fsp3) is 0.600. The summed E-state index contributed by atoms with van der Waals surface area (Å²) < 4.78 is 60.0. The zero-order valence-corrected chi connectivity index (χ0v) is 11.3. The first kappa shape index (κ1) is 16.5. The molecular formula is C10H13F3N2O4S. The molecule has 0 saturated carbocycles. The van der Waals surface area contributed by atoms with Gasteiger partial charge < -0.3 is 5.11 Å². The smallest absolute Gasteiger partial charge is 0.480 e. The van der Waals surface area contributed by atoms with E-state index in [1.165, 1.54) is 0 Å². The molecule has 1 aromatic rings. The van der Waals surface area contributed by atoms with Crippen molar-refractivity contribution in [1.82, 2.24) is 9.78 Å². The number of hydrogen-bond acceptors (Lipinski definition) is 4. The van der Waals surface area contributed by atoms with Gasteiger partial charge in [0, 0.05) is 6.20 Å². The third-order valence-corrected chi connectivity index (χ3v) is 3.98. The lowest BCUT2D eigenvalue weighted by Gasteiger charge is -2.12. The maximum absolute atomic E-state index is 12.3. The number of nitrogens with zero attached hydrogens (tertiary/aromatic N) is 2. The second-order valence-corrected chi connectivity index (χ2v) is 5.97. The highest BCUT2D eigenvalue weighted by Gasteiger charge is 2.48. The minimum absolute atomic E-state index is 0.152. The van der Waals surface area contributed by atoms with E-state index in [0.717, 1.165) is 10.9 Å². The summed E-state index contributed by atoms with van der Waals surface area (Å²) in [5.74, 6) is -1.28. The standard InChI is InChI=1S/C10H13F3N2O4S/c1-2-3-4-7(9(16)17)15-6-5-8(14-15)20(18,19)10(11,12)13/h5-7H,2-4H2,1H3,(H,16,17). The van der Waals surface area contributed by atoms with Gasteiger partial charge in [0.05, 0.1) is 0 Å². The van der Waals surface area contributed by atoms with Crippen molar-refractivity contribution in [2.75, 3.05) is 0 Å². The Morgan fingerprint density at radius 2 is 2.10 bits per heavy atom. The molecule has 0 aliphatic carbocycles. The maximum atomic E-state index is 12.3. The van der Waals surface area contributed by atoms with Gasteiger partial charge in [-0.15, -0.1) is 0 Å². The van der Waals surface area contributed by atoms with Crippen LogP contribution in [0.4, 0.5) is 13.2 Å². The fourth-order valence-corrected chi connectivity index (χ4v) is 2.20. The third kappa shape index (κ3) is 3.30. The second-order valence-electron chi connectivity index (χ2n) is 4.08. The molecule has 0 amide bonds. The summed E-state index contributed by atoms with van der Waals surface area (Å²) in [5, 5.41) is 11.0. The number of rotatable bonds is 6. The second kappa shape index (κ2) is 5.81. The van der Waals surface area contributed by atoms with Crippen LogP contribution < -0.4 is 0 Å². The van der Waals surface area contributed by atoms with E-state index >= 15 is 0 Å². The van der Waals surface area contributed by atoms with E-state index in [2.05, 4.69) is 5.10 Å². The largest absolute Gasteiger partial charge is 0.503 e. The Labute approximate surface area is 113 Å². The van der Waals surface area contributed by atoms with Gasteiger partial charge in [-0.1, -0.05) is 19.8 Å². The number of halogens is 3. The van der Waals surface area contributed by atoms with Gasteiger partial charge in [0.15, 0.2) is 5.03 Å². The first-order valence-electron chi connectivity index (χ1n) is 5.70. The Bertz CT molecular complexity index is 580. The topological polar surface area (TPSA) is 89.3 Å². The van der Waals surface area contributed by atoms with Gasteiger partial charge in [-0.2, -0.15) is 18.3 Å².